The number of nitrogens with one attached hydrogen (secondary N) is 1. The summed E-state index contributed by atoms with van der Waals surface area (Å²) in [5.74, 6) is -1.10. The summed E-state index contributed by atoms with van der Waals surface area (Å²) in [6, 6.07) is 7.03. The van der Waals surface area contributed by atoms with Crippen molar-refractivity contribution >= 4 is 11.6 Å². The quantitative estimate of drug-likeness (QED) is 0.882. The average molecular weight is 244 g/mol. The number of aryl methyl sites for hydroxylation is 2. The summed E-state index contributed by atoms with van der Waals surface area (Å²) in [4.78, 5) is 15.5. The molecule has 0 bridgehead atoms. The second-order valence-electron chi connectivity index (χ2n) is 4.19. The lowest BCUT2D eigenvalue weighted by Crippen LogP contribution is -2.14. The third kappa shape index (κ3) is 2.71. The molecular weight excluding hydrogens is 231 g/mol. The topological polar surface area (TPSA) is 42.0 Å². The molecule has 92 valence electrons. The minimum Gasteiger partial charge on any atom is -0.322 e. The van der Waals surface area contributed by atoms with Crippen molar-refractivity contribution < 1.29 is 9.18 Å². The number of carbonyl (C=O) groups is 1. The number of anilines is 1. The zero-order chi connectivity index (χ0) is 13.1. The smallest absolute Gasteiger partial charge is 0.258 e. The standard InChI is InChI=1S/C14H13FN2O/c1-9-5-10(2)7-11(6-9)17-14(18)12-3-4-16-8-13(12)15/h3-8H,1-2H3,(H,17,18). The Bertz CT molecular complexity index is 576. The summed E-state index contributed by atoms with van der Waals surface area (Å²) in [6.45, 7) is 3.88. The zero-order valence-electron chi connectivity index (χ0n) is 10.2. The van der Waals surface area contributed by atoms with Gasteiger partial charge in [-0.15, -0.1) is 0 Å². The van der Waals surface area contributed by atoms with E-state index in [9.17, 15) is 9.18 Å². The molecule has 1 heterocycles. The van der Waals surface area contributed by atoms with Gasteiger partial charge in [-0.2, -0.15) is 0 Å². The highest BCUT2D eigenvalue weighted by atomic mass is 19.1. The molecule has 0 radical (unpaired) electrons. The van der Waals surface area contributed by atoms with E-state index in [0.29, 0.717) is 5.69 Å². The maximum Gasteiger partial charge on any atom is 0.258 e. The first-order valence-electron chi connectivity index (χ1n) is 5.55. The molecule has 0 spiro atoms. The summed E-state index contributed by atoms with van der Waals surface area (Å²) >= 11 is 0. The van der Waals surface area contributed by atoms with E-state index < -0.39 is 11.7 Å². The lowest BCUT2D eigenvalue weighted by Gasteiger charge is -2.07. The van der Waals surface area contributed by atoms with Crippen LogP contribution in [0.5, 0.6) is 0 Å². The summed E-state index contributed by atoms with van der Waals surface area (Å²) in [6.07, 6.45) is 2.41. The molecule has 0 saturated carbocycles. The number of benzene rings is 1. The minimum atomic E-state index is -0.626. The Morgan fingerprint density at radius 1 is 1.22 bits per heavy atom. The van der Waals surface area contributed by atoms with Gasteiger partial charge in [0.1, 0.15) is 0 Å². The van der Waals surface area contributed by atoms with Crippen LogP contribution in [-0.4, -0.2) is 10.9 Å². The monoisotopic (exact) mass is 244 g/mol. The summed E-state index contributed by atoms with van der Waals surface area (Å²) in [5, 5.41) is 2.67. The Balaban J connectivity index is 2.24. The third-order valence-electron chi connectivity index (χ3n) is 2.50. The van der Waals surface area contributed by atoms with Crippen molar-refractivity contribution in [1.29, 1.82) is 0 Å². The molecule has 1 aromatic carbocycles. The number of halogens is 1. The largest absolute Gasteiger partial charge is 0.322 e. The first-order chi connectivity index (χ1) is 8.56. The van der Waals surface area contributed by atoms with Crippen LogP contribution in [0.15, 0.2) is 36.7 Å². The molecular formula is C14H13FN2O. The molecule has 18 heavy (non-hydrogen) atoms. The molecule has 1 N–H and O–H groups in total. The van der Waals surface area contributed by atoms with Crippen LogP contribution in [0.2, 0.25) is 0 Å². The molecule has 0 fully saturated rings. The van der Waals surface area contributed by atoms with Crippen LogP contribution >= 0.6 is 0 Å². The molecule has 0 aliphatic carbocycles. The first-order valence-corrected chi connectivity index (χ1v) is 5.55. The normalized spacial score (nSPS) is 10.2. The van der Waals surface area contributed by atoms with E-state index in [0.717, 1.165) is 17.3 Å². The summed E-state index contributed by atoms with van der Waals surface area (Å²) < 4.78 is 13.4. The molecule has 4 heteroatoms. The lowest BCUT2D eigenvalue weighted by molar-refractivity contribution is 0.102. The van der Waals surface area contributed by atoms with Gasteiger partial charge >= 0.3 is 0 Å². The number of aromatic nitrogens is 1. The van der Waals surface area contributed by atoms with Gasteiger partial charge in [0.05, 0.1) is 11.8 Å². The number of hydrogen-bond donors (Lipinski definition) is 1. The van der Waals surface area contributed by atoms with Crippen molar-refractivity contribution in [3.05, 3.63) is 59.2 Å². The van der Waals surface area contributed by atoms with E-state index in [4.69, 9.17) is 0 Å². The van der Waals surface area contributed by atoms with Gasteiger partial charge in [0.15, 0.2) is 5.82 Å². The Hall–Kier alpha value is -2.23. The number of hydrogen-bond acceptors (Lipinski definition) is 2. The van der Waals surface area contributed by atoms with Gasteiger partial charge in [-0.3, -0.25) is 9.78 Å². The van der Waals surface area contributed by atoms with Gasteiger partial charge in [-0.1, -0.05) is 6.07 Å². The van der Waals surface area contributed by atoms with Gasteiger partial charge in [-0.25, -0.2) is 4.39 Å². The molecule has 0 aliphatic rings. The van der Waals surface area contributed by atoms with Crippen molar-refractivity contribution in [1.82, 2.24) is 4.98 Å². The molecule has 0 saturated heterocycles. The van der Waals surface area contributed by atoms with Crippen molar-refractivity contribution in [3.8, 4) is 0 Å². The molecule has 1 amide bonds. The Morgan fingerprint density at radius 3 is 2.50 bits per heavy atom. The predicted molar refractivity (Wildman–Crippen MR) is 68.1 cm³/mol. The fourth-order valence-corrected chi connectivity index (χ4v) is 1.80. The molecule has 0 aliphatic heterocycles. The van der Waals surface area contributed by atoms with E-state index >= 15 is 0 Å². The van der Waals surface area contributed by atoms with Gasteiger partial charge in [-0.05, 0) is 43.2 Å². The Kier molecular flexibility index (Phi) is 3.37. The van der Waals surface area contributed by atoms with E-state index in [1.54, 1.807) is 0 Å². The average Bonchev–Trinajstić information content (AvgIpc) is 2.27. The van der Waals surface area contributed by atoms with E-state index in [1.807, 2.05) is 32.0 Å². The van der Waals surface area contributed by atoms with Gasteiger partial charge in [0.25, 0.3) is 5.91 Å². The fraction of sp³-hybridized carbons (Fsp3) is 0.143. The van der Waals surface area contributed by atoms with Crippen LogP contribution in [0, 0.1) is 19.7 Å². The van der Waals surface area contributed by atoms with E-state index in [-0.39, 0.29) is 5.56 Å². The van der Waals surface area contributed by atoms with E-state index in [1.165, 1.54) is 12.3 Å². The van der Waals surface area contributed by atoms with Crippen molar-refractivity contribution in [2.24, 2.45) is 0 Å². The first kappa shape index (κ1) is 12.2. The van der Waals surface area contributed by atoms with Crippen molar-refractivity contribution in [2.75, 3.05) is 5.32 Å². The minimum absolute atomic E-state index is 0.0100. The van der Waals surface area contributed by atoms with Gasteiger partial charge in [0.2, 0.25) is 0 Å². The van der Waals surface area contributed by atoms with Gasteiger partial charge in [0, 0.05) is 11.9 Å². The number of nitrogens with zero attached hydrogens (tertiary/aromatic N) is 1. The highest BCUT2D eigenvalue weighted by molar-refractivity contribution is 6.04. The fourth-order valence-electron chi connectivity index (χ4n) is 1.80. The van der Waals surface area contributed by atoms with Gasteiger partial charge < -0.3 is 5.32 Å². The zero-order valence-corrected chi connectivity index (χ0v) is 10.2. The van der Waals surface area contributed by atoms with Crippen LogP contribution in [0.3, 0.4) is 0 Å². The van der Waals surface area contributed by atoms with Crippen LogP contribution in [0.1, 0.15) is 21.5 Å². The summed E-state index contributed by atoms with van der Waals surface area (Å²) in [7, 11) is 0. The third-order valence-corrected chi connectivity index (χ3v) is 2.50. The molecule has 3 nitrogen and oxygen atoms in total. The highest BCUT2D eigenvalue weighted by Crippen LogP contribution is 2.15. The second kappa shape index (κ2) is 4.96. The Labute approximate surface area is 105 Å². The van der Waals surface area contributed by atoms with Crippen LogP contribution < -0.4 is 5.32 Å². The predicted octanol–water partition coefficient (Wildman–Crippen LogP) is 3.09. The summed E-state index contributed by atoms with van der Waals surface area (Å²) in [5.41, 5.74) is 2.74. The molecule has 1 aromatic heterocycles. The highest BCUT2D eigenvalue weighted by Gasteiger charge is 2.11. The molecule has 2 aromatic rings. The Morgan fingerprint density at radius 2 is 1.89 bits per heavy atom. The molecule has 2 rings (SSSR count). The lowest BCUT2D eigenvalue weighted by atomic mass is 10.1. The van der Waals surface area contributed by atoms with Crippen molar-refractivity contribution in [2.45, 2.75) is 13.8 Å². The van der Waals surface area contributed by atoms with Crippen LogP contribution in [0.25, 0.3) is 0 Å². The number of rotatable bonds is 2. The molecule has 0 atom stereocenters. The number of carbonyl (C=O) groups excluding carboxylic acids is 1. The number of pyridine rings is 1. The maximum atomic E-state index is 13.4. The second-order valence-corrected chi connectivity index (χ2v) is 4.19. The molecule has 0 unspecified atom stereocenters. The van der Waals surface area contributed by atoms with Crippen LogP contribution in [0.4, 0.5) is 10.1 Å². The number of amides is 1. The maximum absolute atomic E-state index is 13.4. The SMILES string of the molecule is Cc1cc(C)cc(NC(=O)c2ccncc2F)c1. The van der Waals surface area contributed by atoms with E-state index in [2.05, 4.69) is 10.3 Å². The van der Waals surface area contributed by atoms with Crippen molar-refractivity contribution in [3.63, 3.8) is 0 Å². The van der Waals surface area contributed by atoms with Crippen LogP contribution in [-0.2, 0) is 0 Å².